The third-order valence-electron chi connectivity index (χ3n) is 4.69. The molecule has 0 fully saturated rings. The van der Waals surface area contributed by atoms with Gasteiger partial charge in [0.15, 0.2) is 6.61 Å². The number of hydrazone groups is 1. The molecule has 0 radical (unpaired) electrons. The van der Waals surface area contributed by atoms with E-state index < -0.39 is 11.9 Å². The quantitative estimate of drug-likeness (QED) is 0.178. The van der Waals surface area contributed by atoms with E-state index in [0.29, 0.717) is 27.6 Å². The van der Waals surface area contributed by atoms with E-state index in [1.807, 2.05) is 42.5 Å². The average Bonchev–Trinajstić information content (AvgIpc) is 2.84. The van der Waals surface area contributed by atoms with Crippen LogP contribution in [0.3, 0.4) is 0 Å². The summed E-state index contributed by atoms with van der Waals surface area (Å²) in [6.07, 6.45) is 1.40. The number of benzene rings is 4. The summed E-state index contributed by atoms with van der Waals surface area (Å²) in [6, 6.07) is 26.7. The molecule has 0 aliphatic rings. The van der Waals surface area contributed by atoms with Gasteiger partial charge in [-0.15, -0.1) is 0 Å². The van der Waals surface area contributed by atoms with E-state index >= 15 is 0 Å². The number of amides is 1. The van der Waals surface area contributed by atoms with Crippen molar-refractivity contribution < 1.29 is 19.1 Å². The fourth-order valence-corrected chi connectivity index (χ4v) is 3.16. The van der Waals surface area contributed by atoms with E-state index in [-0.39, 0.29) is 6.61 Å². The lowest BCUT2D eigenvalue weighted by Gasteiger charge is -2.08. The summed E-state index contributed by atoms with van der Waals surface area (Å²) in [5, 5.41) is 6.59. The van der Waals surface area contributed by atoms with E-state index in [2.05, 4.69) is 10.5 Å². The molecule has 1 N–H and O–H groups in total. The average molecular weight is 459 g/mol. The Morgan fingerprint density at radius 3 is 2.42 bits per heavy atom. The topological polar surface area (TPSA) is 77.0 Å². The minimum atomic E-state index is -0.527. The van der Waals surface area contributed by atoms with Gasteiger partial charge in [0.2, 0.25) is 0 Å². The molecule has 0 aromatic heterocycles. The van der Waals surface area contributed by atoms with Crippen molar-refractivity contribution in [1.82, 2.24) is 5.43 Å². The minimum Gasteiger partial charge on any atom is -0.484 e. The maximum Gasteiger partial charge on any atom is 0.343 e. The molecule has 0 saturated carbocycles. The molecule has 164 valence electrons. The number of carbonyl (C=O) groups excluding carboxylic acids is 2. The first-order valence-electron chi connectivity index (χ1n) is 10.1. The first kappa shape index (κ1) is 22.0. The third kappa shape index (κ3) is 5.96. The summed E-state index contributed by atoms with van der Waals surface area (Å²) in [4.78, 5) is 24.5. The molecule has 0 heterocycles. The molecule has 4 rings (SSSR count). The Kier molecular flexibility index (Phi) is 6.97. The first-order valence-corrected chi connectivity index (χ1v) is 10.5. The standard InChI is InChI=1S/C26H19ClN2O4/c27-22-12-9-19(10-13-22)26(31)33-24-8-4-3-7-21(24)16-28-29-25(30)17-32-23-14-11-18-5-1-2-6-20(18)15-23/h1-16H,17H2,(H,29,30). The van der Waals surface area contributed by atoms with Gasteiger partial charge < -0.3 is 9.47 Å². The smallest absolute Gasteiger partial charge is 0.343 e. The number of nitrogens with zero attached hydrogens (tertiary/aromatic N) is 1. The van der Waals surface area contributed by atoms with Crippen LogP contribution in [0.5, 0.6) is 11.5 Å². The number of hydrogen-bond donors (Lipinski definition) is 1. The number of carbonyl (C=O) groups is 2. The van der Waals surface area contributed by atoms with Crippen LogP contribution in [-0.2, 0) is 4.79 Å². The summed E-state index contributed by atoms with van der Waals surface area (Å²) in [5.74, 6) is -0.0504. The predicted molar refractivity (Wildman–Crippen MR) is 128 cm³/mol. The summed E-state index contributed by atoms with van der Waals surface area (Å²) >= 11 is 5.85. The largest absolute Gasteiger partial charge is 0.484 e. The van der Waals surface area contributed by atoms with Crippen LogP contribution in [0.2, 0.25) is 5.02 Å². The SMILES string of the molecule is O=C(COc1ccc2ccccc2c1)NN=Cc1ccccc1OC(=O)c1ccc(Cl)cc1. The van der Waals surface area contributed by atoms with Crippen molar-refractivity contribution in [2.45, 2.75) is 0 Å². The first-order chi connectivity index (χ1) is 16.1. The molecule has 0 aliphatic carbocycles. The molecule has 33 heavy (non-hydrogen) atoms. The Morgan fingerprint density at radius 2 is 1.61 bits per heavy atom. The van der Waals surface area contributed by atoms with Crippen molar-refractivity contribution in [2.75, 3.05) is 6.61 Å². The maximum absolute atomic E-state index is 12.4. The molecule has 0 aliphatic heterocycles. The van der Waals surface area contributed by atoms with Crippen LogP contribution in [0.15, 0.2) is 96.1 Å². The fraction of sp³-hybridized carbons (Fsp3) is 0.0385. The van der Waals surface area contributed by atoms with Crippen molar-refractivity contribution in [1.29, 1.82) is 0 Å². The molecule has 0 saturated heterocycles. The third-order valence-corrected chi connectivity index (χ3v) is 4.94. The zero-order chi connectivity index (χ0) is 23.0. The van der Waals surface area contributed by atoms with Crippen LogP contribution < -0.4 is 14.9 Å². The molecular formula is C26H19ClN2O4. The monoisotopic (exact) mass is 458 g/mol. The zero-order valence-corrected chi connectivity index (χ0v) is 18.2. The number of esters is 1. The Bertz CT molecular complexity index is 1320. The van der Waals surface area contributed by atoms with Gasteiger partial charge in [-0.2, -0.15) is 5.10 Å². The van der Waals surface area contributed by atoms with E-state index in [9.17, 15) is 9.59 Å². The van der Waals surface area contributed by atoms with Gasteiger partial charge in [-0.05, 0) is 59.3 Å². The number of hydrogen-bond acceptors (Lipinski definition) is 5. The van der Waals surface area contributed by atoms with Crippen LogP contribution in [0, 0.1) is 0 Å². The molecule has 0 atom stereocenters. The second-order valence-electron chi connectivity index (χ2n) is 7.03. The van der Waals surface area contributed by atoms with Crippen molar-refractivity contribution in [2.24, 2.45) is 5.10 Å². The summed E-state index contributed by atoms with van der Waals surface area (Å²) in [6.45, 7) is -0.192. The number of halogens is 1. The highest BCUT2D eigenvalue weighted by molar-refractivity contribution is 6.30. The van der Waals surface area contributed by atoms with E-state index in [1.54, 1.807) is 48.5 Å². The second-order valence-corrected chi connectivity index (χ2v) is 7.46. The Morgan fingerprint density at radius 1 is 0.879 bits per heavy atom. The molecule has 0 unspecified atom stereocenters. The van der Waals surface area contributed by atoms with E-state index in [4.69, 9.17) is 21.1 Å². The van der Waals surface area contributed by atoms with Gasteiger partial charge in [-0.3, -0.25) is 4.79 Å². The summed E-state index contributed by atoms with van der Waals surface area (Å²) in [5.41, 5.74) is 3.30. The highest BCUT2D eigenvalue weighted by atomic mass is 35.5. The zero-order valence-electron chi connectivity index (χ0n) is 17.4. The lowest BCUT2D eigenvalue weighted by Crippen LogP contribution is -2.24. The molecule has 0 spiro atoms. The van der Waals surface area contributed by atoms with Gasteiger partial charge in [0.1, 0.15) is 11.5 Å². The van der Waals surface area contributed by atoms with E-state index in [0.717, 1.165) is 10.8 Å². The maximum atomic E-state index is 12.4. The second kappa shape index (κ2) is 10.4. The summed E-state index contributed by atoms with van der Waals surface area (Å²) in [7, 11) is 0. The molecule has 0 bridgehead atoms. The minimum absolute atomic E-state index is 0.192. The lowest BCUT2D eigenvalue weighted by molar-refractivity contribution is -0.123. The molecule has 7 heteroatoms. The number of rotatable bonds is 7. The van der Waals surface area contributed by atoms with Crippen molar-refractivity contribution >= 4 is 40.5 Å². The van der Waals surface area contributed by atoms with Crippen molar-refractivity contribution in [3.63, 3.8) is 0 Å². The van der Waals surface area contributed by atoms with Crippen LogP contribution in [0.4, 0.5) is 0 Å². The van der Waals surface area contributed by atoms with E-state index in [1.165, 1.54) is 6.21 Å². The van der Waals surface area contributed by atoms with Gasteiger partial charge in [-0.25, -0.2) is 10.2 Å². The normalized spacial score (nSPS) is 10.8. The highest BCUT2D eigenvalue weighted by Crippen LogP contribution is 2.21. The van der Waals surface area contributed by atoms with Crippen molar-refractivity contribution in [3.05, 3.63) is 107 Å². The fourth-order valence-electron chi connectivity index (χ4n) is 3.04. The van der Waals surface area contributed by atoms with Crippen LogP contribution in [0.1, 0.15) is 15.9 Å². The van der Waals surface area contributed by atoms with Gasteiger partial charge in [-0.1, -0.05) is 54.1 Å². The highest BCUT2D eigenvalue weighted by Gasteiger charge is 2.11. The molecule has 4 aromatic carbocycles. The molecule has 6 nitrogen and oxygen atoms in total. The Labute approximate surface area is 195 Å². The van der Waals surface area contributed by atoms with Gasteiger partial charge in [0.05, 0.1) is 11.8 Å². The summed E-state index contributed by atoms with van der Waals surface area (Å²) < 4.78 is 11.0. The van der Waals surface area contributed by atoms with Crippen LogP contribution in [0.25, 0.3) is 10.8 Å². The Balaban J connectivity index is 1.33. The molecular weight excluding hydrogens is 440 g/mol. The lowest BCUT2D eigenvalue weighted by atomic mass is 10.1. The number of fused-ring (bicyclic) bond motifs is 1. The number of nitrogens with one attached hydrogen (secondary N) is 1. The van der Waals surface area contributed by atoms with Crippen LogP contribution in [-0.4, -0.2) is 24.7 Å². The van der Waals surface area contributed by atoms with Gasteiger partial charge in [0, 0.05) is 10.6 Å². The Hall–Kier alpha value is -4.16. The van der Waals surface area contributed by atoms with Gasteiger partial charge >= 0.3 is 5.97 Å². The van der Waals surface area contributed by atoms with Crippen molar-refractivity contribution in [3.8, 4) is 11.5 Å². The number of para-hydroxylation sites is 1. The molecule has 1 amide bonds. The molecule has 4 aromatic rings. The van der Waals surface area contributed by atoms with Crippen LogP contribution >= 0.6 is 11.6 Å². The predicted octanol–water partition coefficient (Wildman–Crippen LogP) is 5.24. The van der Waals surface area contributed by atoms with Gasteiger partial charge in [0.25, 0.3) is 5.91 Å². The number of ether oxygens (including phenoxy) is 2.